The van der Waals surface area contributed by atoms with Crippen molar-refractivity contribution >= 4 is 39.3 Å². The monoisotopic (exact) mass is 337 g/mol. The Morgan fingerprint density at radius 1 is 1.26 bits per heavy atom. The van der Waals surface area contributed by atoms with E-state index in [1.807, 2.05) is 31.2 Å². The predicted molar refractivity (Wildman–Crippen MR) is 80.1 cm³/mol. The Bertz CT molecular complexity index is 548. The number of hydrogen-bond acceptors (Lipinski definition) is 4. The molecule has 98 valence electrons. The molecule has 1 heterocycles. The molecular weight excluding hydrogens is 326 g/mol. The molecule has 0 fully saturated rings. The van der Waals surface area contributed by atoms with Crippen LogP contribution < -0.4 is 5.32 Å². The predicted octanol–water partition coefficient (Wildman–Crippen LogP) is 3.36. The molecule has 0 aliphatic rings. The summed E-state index contributed by atoms with van der Waals surface area (Å²) in [7, 11) is 0. The first-order chi connectivity index (χ1) is 9.15. The highest BCUT2D eigenvalue weighted by molar-refractivity contribution is 9.10. The lowest BCUT2D eigenvalue weighted by atomic mass is 10.3. The summed E-state index contributed by atoms with van der Waals surface area (Å²) in [6.45, 7) is 1.83. The third kappa shape index (κ3) is 4.33. The van der Waals surface area contributed by atoms with Crippen LogP contribution in [-0.2, 0) is 4.79 Å². The average molecular weight is 338 g/mol. The molecule has 0 aliphatic carbocycles. The van der Waals surface area contributed by atoms with Gasteiger partial charge in [0.1, 0.15) is 0 Å². The molecule has 4 nitrogen and oxygen atoms in total. The lowest BCUT2D eigenvalue weighted by Crippen LogP contribution is -2.22. The highest BCUT2D eigenvalue weighted by Crippen LogP contribution is 2.20. The number of nitrogens with zero attached hydrogens (tertiary/aromatic N) is 2. The van der Waals surface area contributed by atoms with E-state index in [-0.39, 0.29) is 11.2 Å². The standard InChI is InChI=1S/C13H12BrN3OS/c1-9(19-13-15-7-2-8-16-13)12(18)17-11-5-3-10(14)4-6-11/h2-9H,1H3,(H,17,18)/t9-/m0/s1. The van der Waals surface area contributed by atoms with E-state index in [1.165, 1.54) is 11.8 Å². The van der Waals surface area contributed by atoms with Crippen molar-refractivity contribution in [3.63, 3.8) is 0 Å². The number of aromatic nitrogens is 2. The average Bonchev–Trinajstić information content (AvgIpc) is 2.42. The summed E-state index contributed by atoms with van der Waals surface area (Å²) >= 11 is 4.68. The number of halogens is 1. The number of rotatable bonds is 4. The lowest BCUT2D eigenvalue weighted by molar-refractivity contribution is -0.115. The molecule has 19 heavy (non-hydrogen) atoms. The molecule has 0 unspecified atom stereocenters. The van der Waals surface area contributed by atoms with E-state index in [1.54, 1.807) is 18.5 Å². The van der Waals surface area contributed by atoms with Gasteiger partial charge < -0.3 is 5.32 Å². The van der Waals surface area contributed by atoms with Crippen LogP contribution in [0.25, 0.3) is 0 Å². The topological polar surface area (TPSA) is 54.9 Å². The maximum Gasteiger partial charge on any atom is 0.237 e. The van der Waals surface area contributed by atoms with Gasteiger partial charge in [0.15, 0.2) is 5.16 Å². The molecule has 0 saturated carbocycles. The van der Waals surface area contributed by atoms with Gasteiger partial charge in [-0.1, -0.05) is 27.7 Å². The summed E-state index contributed by atoms with van der Waals surface area (Å²) < 4.78 is 0.977. The van der Waals surface area contributed by atoms with Crippen LogP contribution in [0.2, 0.25) is 0 Å². The molecule has 6 heteroatoms. The van der Waals surface area contributed by atoms with E-state index in [4.69, 9.17) is 0 Å². The Hall–Kier alpha value is -1.40. The van der Waals surface area contributed by atoms with Crippen molar-refractivity contribution in [1.29, 1.82) is 0 Å². The lowest BCUT2D eigenvalue weighted by Gasteiger charge is -2.10. The van der Waals surface area contributed by atoms with E-state index in [2.05, 4.69) is 31.2 Å². The molecule has 1 amide bonds. The zero-order valence-electron chi connectivity index (χ0n) is 10.2. The molecule has 0 aliphatic heterocycles. The molecule has 1 N–H and O–H groups in total. The fraction of sp³-hybridized carbons (Fsp3) is 0.154. The summed E-state index contributed by atoms with van der Waals surface area (Å²) in [5.74, 6) is -0.0697. The van der Waals surface area contributed by atoms with Gasteiger partial charge >= 0.3 is 0 Å². The van der Waals surface area contributed by atoms with Gasteiger partial charge in [-0.05, 0) is 37.3 Å². The number of anilines is 1. The van der Waals surface area contributed by atoms with E-state index < -0.39 is 0 Å². The van der Waals surface area contributed by atoms with Gasteiger partial charge in [-0.3, -0.25) is 4.79 Å². The Balaban J connectivity index is 1.94. The minimum atomic E-state index is -0.258. The largest absolute Gasteiger partial charge is 0.325 e. The van der Waals surface area contributed by atoms with Gasteiger partial charge in [0.25, 0.3) is 0 Å². The first-order valence-electron chi connectivity index (χ1n) is 5.65. The van der Waals surface area contributed by atoms with Crippen molar-refractivity contribution in [3.8, 4) is 0 Å². The smallest absolute Gasteiger partial charge is 0.237 e. The maximum absolute atomic E-state index is 12.0. The summed E-state index contributed by atoms with van der Waals surface area (Å²) in [6.07, 6.45) is 3.32. The van der Waals surface area contributed by atoms with Crippen molar-refractivity contribution in [2.45, 2.75) is 17.3 Å². The highest BCUT2D eigenvalue weighted by atomic mass is 79.9. The van der Waals surface area contributed by atoms with Gasteiger partial charge in [-0.15, -0.1) is 0 Å². The highest BCUT2D eigenvalue weighted by Gasteiger charge is 2.15. The van der Waals surface area contributed by atoms with E-state index >= 15 is 0 Å². The summed E-state index contributed by atoms with van der Waals surface area (Å²) in [6, 6.07) is 9.20. The minimum Gasteiger partial charge on any atom is -0.325 e. The second-order valence-electron chi connectivity index (χ2n) is 3.79. The molecule has 1 aromatic heterocycles. The molecule has 2 rings (SSSR count). The van der Waals surface area contributed by atoms with Gasteiger partial charge in [0.05, 0.1) is 5.25 Å². The zero-order chi connectivity index (χ0) is 13.7. The molecule has 0 spiro atoms. The quantitative estimate of drug-likeness (QED) is 0.686. The number of hydrogen-bond donors (Lipinski definition) is 1. The van der Waals surface area contributed by atoms with Crippen molar-refractivity contribution in [2.75, 3.05) is 5.32 Å². The zero-order valence-corrected chi connectivity index (χ0v) is 12.6. The SMILES string of the molecule is C[C@H](Sc1ncccn1)C(=O)Nc1ccc(Br)cc1. The van der Waals surface area contributed by atoms with Gasteiger partial charge in [-0.2, -0.15) is 0 Å². The first-order valence-corrected chi connectivity index (χ1v) is 7.32. The van der Waals surface area contributed by atoms with Crippen LogP contribution in [0.1, 0.15) is 6.92 Å². The number of benzene rings is 1. The molecule has 2 aromatic rings. The minimum absolute atomic E-state index is 0.0697. The van der Waals surface area contributed by atoms with Crippen LogP contribution in [0.5, 0.6) is 0 Å². The van der Waals surface area contributed by atoms with Crippen molar-refractivity contribution in [1.82, 2.24) is 9.97 Å². The molecule has 0 saturated heterocycles. The van der Waals surface area contributed by atoms with Crippen LogP contribution in [0.15, 0.2) is 52.4 Å². The van der Waals surface area contributed by atoms with Gasteiger partial charge in [0.2, 0.25) is 5.91 Å². The van der Waals surface area contributed by atoms with Gasteiger partial charge in [0, 0.05) is 22.6 Å². The Morgan fingerprint density at radius 3 is 2.53 bits per heavy atom. The fourth-order valence-electron chi connectivity index (χ4n) is 1.34. The third-order valence-electron chi connectivity index (χ3n) is 2.31. The molecule has 0 bridgehead atoms. The number of nitrogens with one attached hydrogen (secondary N) is 1. The second kappa shape index (κ2) is 6.68. The fourth-order valence-corrected chi connectivity index (χ4v) is 2.32. The van der Waals surface area contributed by atoms with Crippen molar-refractivity contribution in [3.05, 3.63) is 47.2 Å². The van der Waals surface area contributed by atoms with E-state index in [0.29, 0.717) is 5.16 Å². The number of carbonyl (C=O) groups is 1. The molecule has 0 radical (unpaired) electrons. The normalized spacial score (nSPS) is 11.9. The van der Waals surface area contributed by atoms with Crippen LogP contribution in [-0.4, -0.2) is 21.1 Å². The summed E-state index contributed by atoms with van der Waals surface area (Å²) in [4.78, 5) is 20.2. The Morgan fingerprint density at radius 2 is 1.89 bits per heavy atom. The molecule has 1 atom stereocenters. The second-order valence-corrected chi connectivity index (χ2v) is 6.01. The molecule has 1 aromatic carbocycles. The van der Waals surface area contributed by atoms with Crippen molar-refractivity contribution < 1.29 is 4.79 Å². The van der Waals surface area contributed by atoms with Crippen LogP contribution >= 0.6 is 27.7 Å². The van der Waals surface area contributed by atoms with Gasteiger partial charge in [-0.25, -0.2) is 9.97 Å². The van der Waals surface area contributed by atoms with Crippen LogP contribution in [0, 0.1) is 0 Å². The Labute approximate surface area is 124 Å². The number of amides is 1. The van der Waals surface area contributed by atoms with Crippen LogP contribution in [0.3, 0.4) is 0 Å². The van der Waals surface area contributed by atoms with E-state index in [0.717, 1.165) is 10.2 Å². The van der Waals surface area contributed by atoms with Crippen LogP contribution in [0.4, 0.5) is 5.69 Å². The first kappa shape index (κ1) is 14.0. The third-order valence-corrected chi connectivity index (χ3v) is 3.82. The number of carbonyl (C=O) groups excluding carboxylic acids is 1. The maximum atomic E-state index is 12.0. The summed E-state index contributed by atoms with van der Waals surface area (Å²) in [5, 5.41) is 3.19. The number of thioether (sulfide) groups is 1. The summed E-state index contributed by atoms with van der Waals surface area (Å²) in [5.41, 5.74) is 0.773. The molecular formula is C13H12BrN3OS. The van der Waals surface area contributed by atoms with E-state index in [9.17, 15) is 4.79 Å². The van der Waals surface area contributed by atoms with Crippen molar-refractivity contribution in [2.24, 2.45) is 0 Å². The Kier molecular flexibility index (Phi) is 4.93.